The summed E-state index contributed by atoms with van der Waals surface area (Å²) < 4.78 is 0. The lowest BCUT2D eigenvalue weighted by atomic mass is 10.1. The summed E-state index contributed by atoms with van der Waals surface area (Å²) in [5, 5.41) is 14.6. The molecule has 0 fully saturated rings. The van der Waals surface area contributed by atoms with Gasteiger partial charge in [-0.2, -0.15) is 5.10 Å². The summed E-state index contributed by atoms with van der Waals surface area (Å²) in [6, 6.07) is 12.5. The van der Waals surface area contributed by atoms with Gasteiger partial charge in [0.15, 0.2) is 0 Å². The van der Waals surface area contributed by atoms with Crippen molar-refractivity contribution in [1.29, 1.82) is 0 Å². The number of carbonyl (C=O) groups is 1. The first-order valence-corrected chi connectivity index (χ1v) is 9.47. The maximum atomic E-state index is 12.3. The number of hydrogen-bond acceptors (Lipinski definition) is 4. The van der Waals surface area contributed by atoms with E-state index in [0.717, 1.165) is 33.4 Å². The van der Waals surface area contributed by atoms with Gasteiger partial charge in [-0.05, 0) is 43.7 Å². The minimum atomic E-state index is -0.344. The molecule has 3 aromatic heterocycles. The normalized spacial score (nSPS) is 12.0. The third-order valence-electron chi connectivity index (χ3n) is 4.58. The largest absolute Gasteiger partial charge is 0.331 e. The molecule has 1 aromatic carbocycles. The molecule has 0 radical (unpaired) electrons. The molecule has 2 amide bonds. The van der Waals surface area contributed by atoms with E-state index in [-0.39, 0.29) is 12.1 Å². The highest BCUT2D eigenvalue weighted by molar-refractivity contribution is 6.30. The second-order valence-corrected chi connectivity index (χ2v) is 7.18. The van der Waals surface area contributed by atoms with Gasteiger partial charge < -0.3 is 5.32 Å². The number of benzene rings is 1. The molecule has 8 heteroatoms. The Morgan fingerprint density at radius 3 is 2.69 bits per heavy atom. The van der Waals surface area contributed by atoms with Crippen LogP contribution in [0.15, 0.2) is 54.9 Å². The zero-order chi connectivity index (χ0) is 20.4. The molecule has 0 aliphatic heterocycles. The number of hydrogen-bond donors (Lipinski definition) is 3. The van der Waals surface area contributed by atoms with E-state index in [1.165, 1.54) is 0 Å². The molecule has 1 atom stereocenters. The summed E-state index contributed by atoms with van der Waals surface area (Å²) in [7, 11) is 0. The van der Waals surface area contributed by atoms with Crippen LogP contribution in [0.25, 0.3) is 22.2 Å². The summed E-state index contributed by atoms with van der Waals surface area (Å²) in [4.78, 5) is 20.9. The van der Waals surface area contributed by atoms with Crippen molar-refractivity contribution in [2.24, 2.45) is 0 Å². The lowest BCUT2D eigenvalue weighted by molar-refractivity contribution is 0.249. The second kappa shape index (κ2) is 7.89. The Hall–Kier alpha value is -3.45. The van der Waals surface area contributed by atoms with Crippen LogP contribution >= 0.6 is 11.6 Å². The van der Waals surface area contributed by atoms with Crippen LogP contribution in [0.2, 0.25) is 5.02 Å². The summed E-state index contributed by atoms with van der Waals surface area (Å²) in [5.41, 5.74) is 4.41. The van der Waals surface area contributed by atoms with E-state index in [1.54, 1.807) is 30.6 Å². The second-order valence-electron chi connectivity index (χ2n) is 6.74. The van der Waals surface area contributed by atoms with E-state index in [4.69, 9.17) is 11.6 Å². The minimum absolute atomic E-state index is 0.176. The number of urea groups is 1. The summed E-state index contributed by atoms with van der Waals surface area (Å²) in [5.74, 6) is 0.430. The monoisotopic (exact) mass is 406 g/mol. The highest BCUT2D eigenvalue weighted by atomic mass is 35.5. The van der Waals surface area contributed by atoms with Crippen molar-refractivity contribution in [3.8, 4) is 11.3 Å². The number of rotatable bonds is 4. The topological polar surface area (TPSA) is 95.6 Å². The number of halogens is 1. The van der Waals surface area contributed by atoms with Crippen LogP contribution in [-0.2, 0) is 0 Å². The third kappa shape index (κ3) is 4.20. The Morgan fingerprint density at radius 1 is 1.14 bits per heavy atom. The van der Waals surface area contributed by atoms with Crippen LogP contribution in [0.3, 0.4) is 0 Å². The maximum Gasteiger partial charge on any atom is 0.320 e. The van der Waals surface area contributed by atoms with Crippen molar-refractivity contribution in [3.63, 3.8) is 0 Å². The van der Waals surface area contributed by atoms with Gasteiger partial charge >= 0.3 is 6.03 Å². The highest BCUT2D eigenvalue weighted by Crippen LogP contribution is 2.27. The molecule has 0 unspecified atom stereocenters. The van der Waals surface area contributed by atoms with E-state index in [0.29, 0.717) is 10.8 Å². The van der Waals surface area contributed by atoms with Crippen molar-refractivity contribution >= 4 is 34.4 Å². The third-order valence-corrected chi connectivity index (χ3v) is 4.83. The number of fused-ring (bicyclic) bond motifs is 1. The van der Waals surface area contributed by atoms with Crippen LogP contribution < -0.4 is 10.6 Å². The molecule has 7 nitrogen and oxygen atoms in total. The van der Waals surface area contributed by atoms with Gasteiger partial charge in [0.2, 0.25) is 0 Å². The zero-order valence-corrected chi connectivity index (χ0v) is 16.7. The lowest BCUT2D eigenvalue weighted by Gasteiger charge is -2.15. The number of nitrogens with zero attached hydrogens (tertiary/aromatic N) is 3. The molecule has 146 valence electrons. The van der Waals surface area contributed by atoms with Crippen LogP contribution in [0.5, 0.6) is 0 Å². The SMILES string of the molecule is Cc1cc(-c2n[nH]c3cc(NC(=O)N[C@H](C)c4ccc(Cl)cc4)ncc23)ccn1. The Labute approximate surface area is 172 Å². The minimum Gasteiger partial charge on any atom is -0.331 e. The average molecular weight is 407 g/mol. The summed E-state index contributed by atoms with van der Waals surface area (Å²) in [6.45, 7) is 3.83. The lowest BCUT2D eigenvalue weighted by Crippen LogP contribution is -2.31. The predicted molar refractivity (Wildman–Crippen MR) is 114 cm³/mol. The van der Waals surface area contributed by atoms with Gasteiger partial charge in [0.1, 0.15) is 11.5 Å². The molecule has 0 aliphatic carbocycles. The zero-order valence-electron chi connectivity index (χ0n) is 15.9. The fourth-order valence-electron chi connectivity index (χ4n) is 3.08. The summed E-state index contributed by atoms with van der Waals surface area (Å²) >= 11 is 5.91. The summed E-state index contributed by atoms with van der Waals surface area (Å²) in [6.07, 6.45) is 3.45. The van der Waals surface area contributed by atoms with E-state index < -0.39 is 0 Å². The maximum absolute atomic E-state index is 12.3. The van der Waals surface area contributed by atoms with Gasteiger partial charge in [-0.1, -0.05) is 23.7 Å². The Balaban J connectivity index is 1.48. The molecule has 0 spiro atoms. The van der Waals surface area contributed by atoms with Crippen LogP contribution in [0, 0.1) is 6.92 Å². The average Bonchev–Trinajstić information content (AvgIpc) is 3.11. The molecule has 0 bridgehead atoms. The van der Waals surface area contributed by atoms with Crippen molar-refractivity contribution < 1.29 is 4.79 Å². The van der Waals surface area contributed by atoms with Gasteiger partial charge in [0.25, 0.3) is 0 Å². The number of aromatic amines is 1. The molecule has 3 N–H and O–H groups in total. The quantitative estimate of drug-likeness (QED) is 0.450. The highest BCUT2D eigenvalue weighted by Gasteiger charge is 2.13. The van der Waals surface area contributed by atoms with E-state index >= 15 is 0 Å². The smallest absolute Gasteiger partial charge is 0.320 e. The van der Waals surface area contributed by atoms with Crippen molar-refractivity contribution in [1.82, 2.24) is 25.5 Å². The van der Waals surface area contributed by atoms with E-state index in [9.17, 15) is 4.79 Å². The number of H-pyrrole nitrogens is 1. The Morgan fingerprint density at radius 2 is 1.93 bits per heavy atom. The number of anilines is 1. The standard InChI is InChI=1S/C21H19ClN6O/c1-12-9-15(7-8-23-12)20-17-11-24-19(10-18(17)27-28-20)26-21(29)25-13(2)14-3-5-16(22)6-4-14/h3-11,13H,1-2H3,(H,27,28)(H2,24,25,26,29)/t13-/m1/s1. The number of aromatic nitrogens is 4. The molecule has 0 aliphatic rings. The molecule has 3 heterocycles. The van der Waals surface area contributed by atoms with Gasteiger partial charge in [-0.15, -0.1) is 0 Å². The van der Waals surface area contributed by atoms with Crippen molar-refractivity contribution in [2.75, 3.05) is 5.32 Å². The molecular weight excluding hydrogens is 388 g/mol. The molecular formula is C21H19ClN6O. The predicted octanol–water partition coefficient (Wildman–Crippen LogP) is 4.86. The van der Waals surface area contributed by atoms with Gasteiger partial charge in [0, 0.05) is 40.1 Å². The number of amides is 2. The Kier molecular flexibility index (Phi) is 5.14. The van der Waals surface area contributed by atoms with E-state index in [2.05, 4.69) is 30.8 Å². The fourth-order valence-corrected chi connectivity index (χ4v) is 3.20. The van der Waals surface area contributed by atoms with Crippen molar-refractivity contribution in [3.05, 3.63) is 71.1 Å². The van der Waals surface area contributed by atoms with Crippen LogP contribution in [-0.4, -0.2) is 26.2 Å². The fraction of sp³-hybridized carbons (Fsp3) is 0.143. The van der Waals surface area contributed by atoms with Gasteiger partial charge in [0.05, 0.1) is 11.6 Å². The number of aryl methyl sites for hydroxylation is 1. The van der Waals surface area contributed by atoms with Crippen molar-refractivity contribution in [2.45, 2.75) is 19.9 Å². The first kappa shape index (κ1) is 18.9. The number of pyridine rings is 2. The first-order chi connectivity index (χ1) is 14.0. The van der Waals surface area contributed by atoms with E-state index in [1.807, 2.05) is 38.1 Å². The number of carbonyl (C=O) groups excluding carboxylic acids is 1. The molecule has 0 saturated carbocycles. The van der Waals surface area contributed by atoms with Gasteiger partial charge in [-0.25, -0.2) is 9.78 Å². The first-order valence-electron chi connectivity index (χ1n) is 9.10. The molecule has 4 rings (SSSR count). The Bertz CT molecular complexity index is 1170. The van der Waals surface area contributed by atoms with Gasteiger partial charge in [-0.3, -0.25) is 15.4 Å². The number of nitrogens with one attached hydrogen (secondary N) is 3. The molecule has 4 aromatic rings. The molecule has 29 heavy (non-hydrogen) atoms. The van der Waals surface area contributed by atoms with Crippen LogP contribution in [0.4, 0.5) is 10.6 Å². The van der Waals surface area contributed by atoms with Crippen LogP contribution in [0.1, 0.15) is 24.2 Å². The molecule has 0 saturated heterocycles.